The van der Waals surface area contributed by atoms with Crippen molar-refractivity contribution < 1.29 is 87.5 Å². The van der Waals surface area contributed by atoms with Gasteiger partial charge >= 0.3 is 17.9 Å². The topological polar surface area (TPSA) is 499 Å². The van der Waals surface area contributed by atoms with Gasteiger partial charge in [-0.15, -0.1) is 0 Å². The van der Waals surface area contributed by atoms with Crippen LogP contribution in [0.3, 0.4) is 0 Å². The maximum Gasteiger partial charge on any atom is 0.326 e. The number of aromatic hydroxyl groups is 1. The number of carbonyl (C=O) groups excluding carboxylic acids is 11. The fourth-order valence-electron chi connectivity index (χ4n) is 10.9. The van der Waals surface area contributed by atoms with E-state index in [4.69, 9.17) is 11.5 Å². The molecule has 6 rings (SSSR count). The van der Waals surface area contributed by atoms with E-state index < -0.39 is 163 Å². The summed E-state index contributed by atoms with van der Waals surface area (Å²) in [6.45, 7) is 3.22. The van der Waals surface area contributed by atoms with Crippen molar-refractivity contribution in [2.75, 3.05) is 26.2 Å². The second-order valence-electron chi connectivity index (χ2n) is 24.1. The molecule has 0 radical (unpaired) electrons. The van der Waals surface area contributed by atoms with E-state index in [0.717, 1.165) is 15.8 Å². The Hall–Kier alpha value is -11.1. The molecular weight excluding hydrogens is 1290 g/mol. The van der Waals surface area contributed by atoms with Crippen LogP contribution in [0.1, 0.15) is 105 Å². The largest absolute Gasteiger partial charge is 0.508 e. The van der Waals surface area contributed by atoms with Gasteiger partial charge in [-0.3, -0.25) is 62.3 Å². The first-order chi connectivity index (χ1) is 47.2. The highest BCUT2D eigenvalue weighted by atomic mass is 16.4. The van der Waals surface area contributed by atoms with Gasteiger partial charge in [0.1, 0.15) is 54.1 Å². The number of phenols is 1. The number of carboxylic acid groups (broad SMARTS) is 3. The molecule has 1 saturated heterocycles. The number of fused-ring (bicyclic) bond motifs is 1. The van der Waals surface area contributed by atoms with Gasteiger partial charge in [-0.25, -0.2) is 4.79 Å². The van der Waals surface area contributed by atoms with E-state index in [1.54, 1.807) is 80.7 Å². The highest BCUT2D eigenvalue weighted by Crippen LogP contribution is 2.22. The number of hydrogen-bond acceptors (Lipinski definition) is 17. The summed E-state index contributed by atoms with van der Waals surface area (Å²) in [4.78, 5) is 191. The number of aromatic nitrogens is 1. The van der Waals surface area contributed by atoms with E-state index in [2.05, 4.69) is 52.8 Å². The molecule has 0 unspecified atom stereocenters. The number of rotatable bonds is 38. The fourth-order valence-corrected chi connectivity index (χ4v) is 10.9. The molecule has 2 heterocycles. The first-order valence-electron chi connectivity index (χ1n) is 32.3. The van der Waals surface area contributed by atoms with Gasteiger partial charge < -0.3 is 89.6 Å². The molecular formula is C68H85N13O18. The number of aliphatic carboxylic acids is 3. The number of hydrogen-bond donors (Lipinski definition) is 16. The molecule has 4 aromatic carbocycles. The van der Waals surface area contributed by atoms with Crippen molar-refractivity contribution in [3.8, 4) is 5.75 Å². The van der Waals surface area contributed by atoms with Gasteiger partial charge in [0.05, 0.1) is 32.0 Å². The SMILES string of the molecule is CC[C@H](C)[C@H](NC(=O)CNC(=O)CNC(=O)[C@H](Cc1ccc(O)cc1)NC(=O)[C@H](CC(=O)O)NC(=O)[C@H](C)NC(=O)[C@@H]1CCCN1C(=O)[C@H](CC(=O)O)NC(=O)[C@@H](N)Cc1c[nH]c2ccccc12)C(=O)N[C@@H](CCCCN)C(=O)N[C@@H](Cc1ccc(C(=O)c2ccccc2)cc1)C(=O)O. The van der Waals surface area contributed by atoms with E-state index in [1.165, 1.54) is 31.2 Å². The van der Waals surface area contributed by atoms with Crippen LogP contribution < -0.4 is 59.3 Å². The van der Waals surface area contributed by atoms with Crippen molar-refractivity contribution in [2.24, 2.45) is 17.4 Å². The van der Waals surface area contributed by atoms with E-state index >= 15 is 0 Å². The van der Waals surface area contributed by atoms with Crippen molar-refractivity contribution in [3.05, 3.63) is 137 Å². The number of carbonyl (C=O) groups is 14. The zero-order chi connectivity index (χ0) is 72.5. The van der Waals surface area contributed by atoms with Gasteiger partial charge in [0.2, 0.25) is 59.1 Å². The number of benzene rings is 4. The molecule has 530 valence electrons. The Labute approximate surface area is 569 Å². The van der Waals surface area contributed by atoms with Crippen LogP contribution in [0.5, 0.6) is 5.75 Å². The van der Waals surface area contributed by atoms with Crippen molar-refractivity contribution in [3.63, 3.8) is 0 Å². The number of amides is 10. The number of phenolic OH excluding ortho intramolecular Hbond substituents is 1. The minimum absolute atomic E-state index is 0.0280. The van der Waals surface area contributed by atoms with Gasteiger partial charge in [0.25, 0.3) is 0 Å². The molecule has 10 atom stereocenters. The second-order valence-corrected chi connectivity index (χ2v) is 24.1. The van der Waals surface area contributed by atoms with Gasteiger partial charge in [-0.2, -0.15) is 0 Å². The molecule has 0 aliphatic carbocycles. The molecule has 0 saturated carbocycles. The molecule has 31 heteroatoms. The number of aromatic amines is 1. The standard InChI is InChI=1S/C68H85N13O18/c1-4-37(2)58(66(96)75-48(17-10-11-27-69)63(93)79-52(68(98)99)30-39-19-23-42(24-20-39)59(89)41-13-6-5-7-14-41)80-55(84)36-72-54(83)35-73-62(92)49(29-40-21-25-44(82)26-22-40)77-64(94)50(32-56(85)86)76-60(90)38(3)74-65(95)53-18-12-28-81(53)67(97)51(33-57(87)88)78-61(91)46(70)31-43-34-71-47-16-9-8-15-45(43)47/h5-9,13-16,19-26,34,37-38,46,48-53,58,71,82H,4,10-12,17-18,27-33,35-36,69-70H2,1-3H3,(H,72,83)(H,73,92)(H,74,95)(H,75,96)(H,76,90)(H,77,94)(H,78,91)(H,79,93)(H,80,84)(H,85,86)(H,87,88)(H,98,99)/t37-,38-,46-,48-,49-,50-,51-,52-,53-,58-/m0/s1. The van der Waals surface area contributed by atoms with Crippen LogP contribution in [-0.2, 0) is 81.6 Å². The molecule has 31 nitrogen and oxygen atoms in total. The van der Waals surface area contributed by atoms with E-state index in [0.29, 0.717) is 47.1 Å². The number of unbranched alkanes of at least 4 members (excludes halogenated alkanes) is 1. The fraction of sp³-hybridized carbons (Fsp3) is 0.412. The lowest BCUT2D eigenvalue weighted by atomic mass is 9.97. The lowest BCUT2D eigenvalue weighted by Crippen LogP contribution is -2.59. The minimum atomic E-state index is -1.91. The number of likely N-dealkylation sites (tertiary alicyclic amines) is 1. The lowest BCUT2D eigenvalue weighted by molar-refractivity contribution is -0.146. The van der Waals surface area contributed by atoms with Crippen LogP contribution >= 0.6 is 0 Å². The molecule has 18 N–H and O–H groups in total. The summed E-state index contributed by atoms with van der Waals surface area (Å²) >= 11 is 0. The molecule has 10 amide bonds. The lowest BCUT2D eigenvalue weighted by Gasteiger charge is -2.29. The van der Waals surface area contributed by atoms with Crippen molar-refractivity contribution >= 4 is 93.7 Å². The third-order valence-corrected chi connectivity index (χ3v) is 16.6. The number of carboxylic acids is 3. The third-order valence-electron chi connectivity index (χ3n) is 16.6. The van der Waals surface area contributed by atoms with Crippen LogP contribution in [0.15, 0.2) is 109 Å². The Balaban J connectivity index is 1.03. The summed E-state index contributed by atoms with van der Waals surface area (Å²) in [7, 11) is 0. The van der Waals surface area contributed by atoms with Crippen LogP contribution in [0.25, 0.3) is 10.9 Å². The maximum absolute atomic E-state index is 14.0. The van der Waals surface area contributed by atoms with E-state index in [9.17, 15) is 87.5 Å². The molecule has 1 fully saturated rings. The Morgan fingerprint density at radius 3 is 1.79 bits per heavy atom. The maximum atomic E-state index is 14.0. The summed E-state index contributed by atoms with van der Waals surface area (Å²) in [5.74, 6) is -14.8. The number of nitrogens with one attached hydrogen (secondary N) is 10. The summed E-state index contributed by atoms with van der Waals surface area (Å²) in [5.41, 5.74) is 15.1. The summed E-state index contributed by atoms with van der Waals surface area (Å²) in [5, 5.41) is 62.3. The minimum Gasteiger partial charge on any atom is -0.508 e. The van der Waals surface area contributed by atoms with Gasteiger partial charge in [-0.05, 0) is 92.8 Å². The Kier molecular flexibility index (Phi) is 29.1. The third kappa shape index (κ3) is 23.3. The monoisotopic (exact) mass is 1370 g/mol. The average molecular weight is 1370 g/mol. The molecule has 1 aromatic heterocycles. The first-order valence-corrected chi connectivity index (χ1v) is 32.3. The van der Waals surface area contributed by atoms with E-state index in [1.807, 2.05) is 18.2 Å². The van der Waals surface area contributed by atoms with Crippen LogP contribution in [0, 0.1) is 5.92 Å². The molecule has 5 aromatic rings. The van der Waals surface area contributed by atoms with Gasteiger partial charge in [-0.1, -0.05) is 105 Å². The Bertz CT molecular complexity index is 3720. The van der Waals surface area contributed by atoms with Crippen molar-refractivity contribution in [1.82, 2.24) is 57.7 Å². The van der Waals surface area contributed by atoms with Gasteiger partial charge in [0, 0.05) is 47.6 Å². The molecule has 0 spiro atoms. The highest BCUT2D eigenvalue weighted by Gasteiger charge is 2.41. The number of nitrogens with zero attached hydrogens (tertiary/aromatic N) is 1. The normalized spacial score (nSPS) is 15.3. The van der Waals surface area contributed by atoms with Crippen LogP contribution in [0.4, 0.5) is 0 Å². The summed E-state index contributed by atoms with van der Waals surface area (Å²) in [6.07, 6.45) is 0.731. The highest BCUT2D eigenvalue weighted by molar-refractivity contribution is 6.09. The first kappa shape index (κ1) is 76.9. The smallest absolute Gasteiger partial charge is 0.326 e. The van der Waals surface area contributed by atoms with Gasteiger partial charge in [0.15, 0.2) is 5.78 Å². The Morgan fingerprint density at radius 1 is 0.576 bits per heavy atom. The quantitative estimate of drug-likeness (QED) is 0.0172. The van der Waals surface area contributed by atoms with Crippen LogP contribution in [-0.4, -0.2) is 194 Å². The molecule has 0 bridgehead atoms. The number of ketones is 1. The average Bonchev–Trinajstić information content (AvgIpc) is 1.72. The molecule has 1 aliphatic rings. The van der Waals surface area contributed by atoms with Crippen molar-refractivity contribution in [2.45, 2.75) is 146 Å². The zero-order valence-electron chi connectivity index (χ0n) is 54.9. The zero-order valence-corrected chi connectivity index (χ0v) is 54.9. The van der Waals surface area contributed by atoms with Crippen molar-refractivity contribution in [1.29, 1.82) is 0 Å². The predicted octanol–water partition coefficient (Wildman–Crippen LogP) is -0.694. The van der Waals surface area contributed by atoms with Crippen LogP contribution in [0.2, 0.25) is 0 Å². The predicted molar refractivity (Wildman–Crippen MR) is 356 cm³/mol. The number of nitrogens with two attached hydrogens (primary N) is 2. The molecule has 1 aliphatic heterocycles. The molecule has 99 heavy (non-hydrogen) atoms. The summed E-state index contributed by atoms with van der Waals surface area (Å²) < 4.78 is 0. The van der Waals surface area contributed by atoms with E-state index in [-0.39, 0.29) is 63.1 Å². The Morgan fingerprint density at radius 2 is 1.14 bits per heavy atom. The summed E-state index contributed by atoms with van der Waals surface area (Å²) in [6, 6.07) is 14.2. The number of para-hydroxylation sites is 1. The second kappa shape index (κ2) is 37.4. The number of H-pyrrole nitrogens is 1.